The second kappa shape index (κ2) is 18.8. The quantitative estimate of drug-likeness (QED) is 0.204. The summed E-state index contributed by atoms with van der Waals surface area (Å²) in [4.78, 5) is 60.4. The molecule has 4 unspecified atom stereocenters. The van der Waals surface area contributed by atoms with E-state index in [0.717, 1.165) is 0 Å². The molecule has 0 aromatic carbocycles. The first-order valence-corrected chi connectivity index (χ1v) is 9.36. The summed E-state index contributed by atoms with van der Waals surface area (Å²) in [5, 5.41) is 7.46. The standard InChI is InChI=1S/C20H29N3O5.5CH4/c1-6-7-8-9-14(24)21-12(4)10-15(25)22-17(11(2)3)18(26)16-13(5)19(27)23-20(16)28;;;;;/h6-9,11-13,16-17H,10H2,1-5H3,(H,21,24)(H,22,25)(H,23,27,28);5*1H4. The summed E-state index contributed by atoms with van der Waals surface area (Å²) in [6.07, 6.45) is 6.41. The largest absolute Gasteiger partial charge is 0.350 e. The lowest BCUT2D eigenvalue weighted by molar-refractivity contribution is -0.137. The van der Waals surface area contributed by atoms with Gasteiger partial charge in [0.15, 0.2) is 5.78 Å². The Morgan fingerprint density at radius 3 is 1.91 bits per heavy atom. The molecule has 0 spiro atoms. The third-order valence-corrected chi connectivity index (χ3v) is 4.47. The Hall–Kier alpha value is -2.77. The van der Waals surface area contributed by atoms with Gasteiger partial charge in [0.25, 0.3) is 0 Å². The average Bonchev–Trinajstić information content (AvgIpc) is 2.84. The van der Waals surface area contributed by atoms with Gasteiger partial charge in [0.05, 0.1) is 12.0 Å². The summed E-state index contributed by atoms with van der Waals surface area (Å²) in [6.45, 7) is 8.52. The molecule has 3 N–H and O–H groups in total. The normalized spacial score (nSPS) is 18.5. The Labute approximate surface area is 202 Å². The lowest BCUT2D eigenvalue weighted by Crippen LogP contribution is -2.50. The summed E-state index contributed by atoms with van der Waals surface area (Å²) < 4.78 is 0. The van der Waals surface area contributed by atoms with Crippen LogP contribution in [0.15, 0.2) is 24.3 Å². The van der Waals surface area contributed by atoms with Gasteiger partial charge in [-0.1, -0.05) is 76.1 Å². The van der Waals surface area contributed by atoms with Crippen molar-refractivity contribution in [1.82, 2.24) is 16.0 Å². The number of amides is 4. The number of imide groups is 1. The molecule has 1 fully saturated rings. The van der Waals surface area contributed by atoms with Crippen LogP contribution in [0.2, 0.25) is 0 Å². The van der Waals surface area contributed by atoms with Crippen LogP contribution in [-0.4, -0.2) is 41.5 Å². The van der Waals surface area contributed by atoms with Gasteiger partial charge in [-0.15, -0.1) is 0 Å². The van der Waals surface area contributed by atoms with Crippen LogP contribution in [0.3, 0.4) is 0 Å². The van der Waals surface area contributed by atoms with E-state index in [0.29, 0.717) is 0 Å². The zero-order valence-electron chi connectivity index (χ0n) is 16.9. The molecule has 4 amide bonds. The molecule has 0 saturated carbocycles. The number of carbonyl (C=O) groups excluding carboxylic acids is 5. The molecule has 8 nitrogen and oxygen atoms in total. The SMILES string of the molecule is C.C.C.C.C.CC=CC=CC(=O)NC(C)CC(=O)NC(C(=O)C1C(=O)NC(=O)C1C)C(C)C. The number of carbonyl (C=O) groups is 5. The smallest absolute Gasteiger partial charge is 0.244 e. The van der Waals surface area contributed by atoms with Crippen LogP contribution in [0.5, 0.6) is 0 Å². The lowest BCUT2D eigenvalue weighted by Gasteiger charge is -2.25. The van der Waals surface area contributed by atoms with Crippen molar-refractivity contribution in [2.45, 2.75) is 90.3 Å². The summed E-state index contributed by atoms with van der Waals surface area (Å²) in [5.74, 6) is -4.48. The molecular weight excluding hydrogens is 422 g/mol. The van der Waals surface area contributed by atoms with Gasteiger partial charge >= 0.3 is 0 Å². The molecule has 8 heteroatoms. The number of rotatable bonds is 9. The minimum Gasteiger partial charge on any atom is -0.350 e. The first-order valence-electron chi connectivity index (χ1n) is 9.36. The molecule has 1 rings (SSSR count). The van der Waals surface area contributed by atoms with Crippen molar-refractivity contribution >= 4 is 29.4 Å². The molecule has 1 saturated heterocycles. The van der Waals surface area contributed by atoms with Gasteiger partial charge in [0.1, 0.15) is 5.92 Å². The highest BCUT2D eigenvalue weighted by molar-refractivity contribution is 6.16. The summed E-state index contributed by atoms with van der Waals surface area (Å²) >= 11 is 0. The van der Waals surface area contributed by atoms with Crippen LogP contribution in [0.4, 0.5) is 0 Å². The number of nitrogens with one attached hydrogen (secondary N) is 3. The predicted molar refractivity (Wildman–Crippen MR) is 137 cm³/mol. The Morgan fingerprint density at radius 1 is 0.939 bits per heavy atom. The van der Waals surface area contributed by atoms with Crippen LogP contribution in [0, 0.1) is 17.8 Å². The second-order valence-corrected chi connectivity index (χ2v) is 7.31. The van der Waals surface area contributed by atoms with Gasteiger partial charge in [-0.3, -0.25) is 29.3 Å². The zero-order valence-corrected chi connectivity index (χ0v) is 16.9. The van der Waals surface area contributed by atoms with E-state index in [4.69, 9.17) is 0 Å². The fraction of sp³-hybridized carbons (Fsp3) is 0.640. The third kappa shape index (κ3) is 12.2. The molecular formula is C25H49N3O5. The van der Waals surface area contributed by atoms with E-state index < -0.39 is 47.4 Å². The summed E-state index contributed by atoms with van der Waals surface area (Å²) in [5.41, 5.74) is 0. The lowest BCUT2D eigenvalue weighted by atomic mass is 9.85. The van der Waals surface area contributed by atoms with E-state index in [1.807, 2.05) is 6.92 Å². The molecule has 0 aromatic rings. The minimum absolute atomic E-state index is 0. The number of hydrogen-bond donors (Lipinski definition) is 3. The Morgan fingerprint density at radius 2 is 1.48 bits per heavy atom. The predicted octanol–water partition coefficient (Wildman–Crippen LogP) is 3.81. The van der Waals surface area contributed by atoms with Crippen LogP contribution < -0.4 is 16.0 Å². The van der Waals surface area contributed by atoms with E-state index in [2.05, 4.69) is 16.0 Å². The van der Waals surface area contributed by atoms with Gasteiger partial charge < -0.3 is 10.6 Å². The summed E-state index contributed by atoms with van der Waals surface area (Å²) in [6, 6.07) is -1.34. The monoisotopic (exact) mass is 471 g/mol. The molecule has 1 aliphatic rings. The highest BCUT2D eigenvalue weighted by Crippen LogP contribution is 2.23. The maximum absolute atomic E-state index is 12.8. The van der Waals surface area contributed by atoms with Crippen molar-refractivity contribution in [2.24, 2.45) is 17.8 Å². The minimum atomic E-state index is -1.10. The fourth-order valence-electron chi connectivity index (χ4n) is 2.93. The van der Waals surface area contributed by atoms with Crippen molar-refractivity contribution in [2.75, 3.05) is 0 Å². The van der Waals surface area contributed by atoms with Crippen LogP contribution in [0.25, 0.3) is 0 Å². The molecule has 0 radical (unpaired) electrons. The van der Waals surface area contributed by atoms with E-state index in [1.165, 1.54) is 13.0 Å². The Balaban J connectivity index is -0.000000523. The van der Waals surface area contributed by atoms with Gasteiger partial charge in [0, 0.05) is 18.5 Å². The van der Waals surface area contributed by atoms with Crippen molar-refractivity contribution < 1.29 is 24.0 Å². The topological polar surface area (TPSA) is 121 Å². The number of ketones is 1. The van der Waals surface area contributed by atoms with E-state index in [9.17, 15) is 24.0 Å². The highest BCUT2D eigenvalue weighted by Gasteiger charge is 2.46. The fourth-order valence-corrected chi connectivity index (χ4v) is 2.93. The molecule has 0 bridgehead atoms. The number of hydrogen-bond acceptors (Lipinski definition) is 5. The average molecular weight is 472 g/mol. The molecule has 33 heavy (non-hydrogen) atoms. The van der Waals surface area contributed by atoms with E-state index in [1.54, 1.807) is 39.0 Å². The van der Waals surface area contributed by atoms with Crippen LogP contribution >= 0.6 is 0 Å². The maximum Gasteiger partial charge on any atom is 0.244 e. The summed E-state index contributed by atoms with van der Waals surface area (Å²) in [7, 11) is 0. The maximum atomic E-state index is 12.8. The molecule has 194 valence electrons. The third-order valence-electron chi connectivity index (χ3n) is 4.47. The number of allylic oxidation sites excluding steroid dienone is 3. The molecule has 1 aliphatic heterocycles. The molecule has 0 aliphatic carbocycles. The van der Waals surface area contributed by atoms with Gasteiger partial charge in [-0.25, -0.2) is 0 Å². The molecule has 1 heterocycles. The Bertz CT molecular complexity index is 698. The van der Waals surface area contributed by atoms with Crippen molar-refractivity contribution in [3.8, 4) is 0 Å². The van der Waals surface area contributed by atoms with Gasteiger partial charge in [-0.05, 0) is 19.8 Å². The van der Waals surface area contributed by atoms with E-state index in [-0.39, 0.29) is 55.4 Å². The molecule has 0 aromatic heterocycles. The zero-order chi connectivity index (χ0) is 21.4. The first kappa shape index (κ1) is 40.6. The molecule has 4 atom stereocenters. The highest BCUT2D eigenvalue weighted by atomic mass is 16.2. The van der Waals surface area contributed by atoms with Crippen molar-refractivity contribution in [1.29, 1.82) is 0 Å². The van der Waals surface area contributed by atoms with Crippen molar-refractivity contribution in [3.63, 3.8) is 0 Å². The Kier molecular flexibility index (Phi) is 23.1. The van der Waals surface area contributed by atoms with Crippen molar-refractivity contribution in [3.05, 3.63) is 24.3 Å². The second-order valence-electron chi connectivity index (χ2n) is 7.31. The first-order chi connectivity index (χ1) is 13.1. The van der Waals surface area contributed by atoms with Gasteiger partial charge in [0.2, 0.25) is 23.6 Å². The van der Waals surface area contributed by atoms with Gasteiger partial charge in [-0.2, -0.15) is 0 Å². The van der Waals surface area contributed by atoms with Crippen LogP contribution in [0.1, 0.15) is 78.2 Å². The van der Waals surface area contributed by atoms with Crippen LogP contribution in [-0.2, 0) is 24.0 Å². The number of Topliss-reactive ketones (excluding diaryl/α,β-unsaturated/α-hetero) is 1. The van der Waals surface area contributed by atoms with E-state index >= 15 is 0 Å².